The Balaban J connectivity index is 3.25. The van der Waals surface area contributed by atoms with E-state index in [0.717, 1.165) is 0 Å². The molecule has 0 heterocycles. The largest absolute Gasteiger partial charge is 0.506 e. The van der Waals surface area contributed by atoms with Gasteiger partial charge in [-0.3, -0.25) is 0 Å². The number of halogens is 3. The first kappa shape index (κ1) is 9.00. The molecule has 0 bridgehead atoms. The molecule has 0 aliphatic rings. The molecule has 0 spiro atoms. The summed E-state index contributed by atoms with van der Waals surface area (Å²) in [5, 5.41) is 9.77. The number of phenolic OH excluding ortho intramolecular Hbond substituents is 1. The van der Waals surface area contributed by atoms with E-state index < -0.39 is 5.82 Å². The fourth-order valence-electron chi connectivity index (χ4n) is 0.688. The molecular weight excluding hydrogens is 279 g/mol. The molecule has 1 nitrogen and oxygen atoms in total. The molecule has 0 amide bonds. The summed E-state index contributed by atoms with van der Waals surface area (Å²) in [5.41, 5.74) is 0.665. The van der Waals surface area contributed by atoms with Crippen molar-refractivity contribution in [3.63, 3.8) is 0 Å². The molecule has 1 aromatic carbocycles. The zero-order chi connectivity index (χ0) is 8.43. The van der Waals surface area contributed by atoms with Gasteiger partial charge in [0.05, 0.1) is 4.47 Å². The van der Waals surface area contributed by atoms with Gasteiger partial charge in [-0.15, -0.1) is 0 Å². The molecule has 0 atom stereocenters. The van der Waals surface area contributed by atoms with Crippen LogP contribution < -0.4 is 0 Å². The van der Waals surface area contributed by atoms with E-state index in [4.69, 9.17) is 0 Å². The van der Waals surface area contributed by atoms with E-state index in [1.807, 2.05) is 0 Å². The molecule has 0 aliphatic carbocycles. The Kier molecular flexibility index (Phi) is 2.90. The maximum atomic E-state index is 12.7. The molecule has 1 aromatic rings. The molecule has 1 rings (SSSR count). The van der Waals surface area contributed by atoms with Crippen LogP contribution in [0.2, 0.25) is 0 Å². The minimum absolute atomic E-state index is 0.0399. The first-order valence-corrected chi connectivity index (χ1v) is 4.80. The zero-order valence-corrected chi connectivity index (χ0v) is 8.61. The van der Waals surface area contributed by atoms with E-state index >= 15 is 0 Å². The van der Waals surface area contributed by atoms with Gasteiger partial charge in [-0.25, -0.2) is 4.39 Å². The van der Waals surface area contributed by atoms with Crippen molar-refractivity contribution in [3.05, 3.63) is 28.0 Å². The normalized spacial score (nSPS) is 10.1. The fraction of sp³-hybridized carbons (Fsp3) is 0.143. The second kappa shape index (κ2) is 3.54. The van der Waals surface area contributed by atoms with E-state index in [0.29, 0.717) is 10.9 Å². The minimum Gasteiger partial charge on any atom is -0.506 e. The van der Waals surface area contributed by atoms with Crippen molar-refractivity contribution in [1.82, 2.24) is 0 Å². The van der Waals surface area contributed by atoms with Gasteiger partial charge in [0.25, 0.3) is 0 Å². The predicted molar refractivity (Wildman–Crippen MR) is 48.4 cm³/mol. The summed E-state index contributed by atoms with van der Waals surface area (Å²) >= 11 is 6.09. The Labute approximate surface area is 80.5 Å². The van der Waals surface area contributed by atoms with E-state index in [2.05, 4.69) is 31.9 Å². The molecule has 0 saturated carbocycles. The Morgan fingerprint density at radius 2 is 2.09 bits per heavy atom. The van der Waals surface area contributed by atoms with E-state index in [1.54, 1.807) is 0 Å². The number of rotatable bonds is 1. The van der Waals surface area contributed by atoms with Crippen molar-refractivity contribution in [2.45, 2.75) is 5.33 Å². The van der Waals surface area contributed by atoms with Crippen LogP contribution in [0.3, 0.4) is 0 Å². The zero-order valence-electron chi connectivity index (χ0n) is 5.44. The summed E-state index contributed by atoms with van der Waals surface area (Å²) in [4.78, 5) is 0. The van der Waals surface area contributed by atoms with Gasteiger partial charge in [0.15, 0.2) is 0 Å². The molecule has 0 radical (unpaired) electrons. The number of hydrogen-bond acceptors (Lipinski definition) is 1. The van der Waals surface area contributed by atoms with Crippen molar-refractivity contribution in [2.24, 2.45) is 0 Å². The summed E-state index contributed by atoms with van der Waals surface area (Å²) < 4.78 is 12.8. The lowest BCUT2D eigenvalue weighted by Gasteiger charge is -2.02. The van der Waals surface area contributed by atoms with Crippen molar-refractivity contribution in [3.8, 4) is 5.75 Å². The average molecular weight is 284 g/mol. The number of aromatic hydroxyl groups is 1. The Morgan fingerprint density at radius 3 is 2.64 bits per heavy atom. The summed E-state index contributed by atoms with van der Waals surface area (Å²) in [6.07, 6.45) is 0. The van der Waals surface area contributed by atoms with Gasteiger partial charge in [0.2, 0.25) is 0 Å². The number of alkyl halides is 1. The van der Waals surface area contributed by atoms with Crippen LogP contribution in [0.4, 0.5) is 4.39 Å². The highest BCUT2D eigenvalue weighted by Crippen LogP contribution is 2.31. The van der Waals surface area contributed by atoms with E-state index in [1.165, 1.54) is 12.1 Å². The topological polar surface area (TPSA) is 20.2 Å². The van der Waals surface area contributed by atoms with Crippen molar-refractivity contribution in [1.29, 1.82) is 0 Å². The lowest BCUT2D eigenvalue weighted by molar-refractivity contribution is 0.459. The maximum absolute atomic E-state index is 12.7. The minimum atomic E-state index is -0.452. The average Bonchev–Trinajstić information content (AvgIpc) is 2.01. The quantitative estimate of drug-likeness (QED) is 0.785. The first-order valence-electron chi connectivity index (χ1n) is 2.88. The van der Waals surface area contributed by atoms with E-state index in [-0.39, 0.29) is 10.2 Å². The van der Waals surface area contributed by atoms with Crippen LogP contribution in [0.1, 0.15) is 5.56 Å². The molecule has 0 fully saturated rings. The Bertz CT molecular complexity index is 275. The highest BCUT2D eigenvalue weighted by Gasteiger charge is 2.08. The first-order chi connectivity index (χ1) is 5.16. The van der Waals surface area contributed by atoms with Gasteiger partial charge in [-0.2, -0.15) is 0 Å². The van der Waals surface area contributed by atoms with Crippen LogP contribution in [0.15, 0.2) is 16.6 Å². The van der Waals surface area contributed by atoms with Crippen molar-refractivity contribution in [2.75, 3.05) is 0 Å². The molecule has 4 heteroatoms. The lowest BCUT2D eigenvalue weighted by Crippen LogP contribution is -1.83. The molecule has 11 heavy (non-hydrogen) atoms. The molecular formula is C7H5Br2FO. The molecule has 0 aliphatic heterocycles. The number of phenols is 1. The van der Waals surface area contributed by atoms with Gasteiger partial charge < -0.3 is 5.11 Å². The van der Waals surface area contributed by atoms with Crippen molar-refractivity contribution >= 4 is 31.9 Å². The second-order valence-corrected chi connectivity index (χ2v) is 3.36. The lowest BCUT2D eigenvalue weighted by atomic mass is 10.2. The van der Waals surface area contributed by atoms with Gasteiger partial charge in [-0.1, -0.05) is 22.0 Å². The van der Waals surface area contributed by atoms with Gasteiger partial charge >= 0.3 is 0 Å². The van der Waals surface area contributed by atoms with Crippen LogP contribution in [-0.4, -0.2) is 5.11 Å². The SMILES string of the molecule is Oc1c(CBr)ccc(F)c1Br. The van der Waals surface area contributed by atoms with Gasteiger partial charge in [0, 0.05) is 10.9 Å². The fourth-order valence-corrected chi connectivity index (χ4v) is 1.53. The highest BCUT2D eigenvalue weighted by molar-refractivity contribution is 9.10. The molecule has 0 saturated heterocycles. The van der Waals surface area contributed by atoms with Gasteiger partial charge in [0.1, 0.15) is 11.6 Å². The van der Waals surface area contributed by atoms with Crippen LogP contribution in [0.25, 0.3) is 0 Å². The number of hydrogen-bond donors (Lipinski definition) is 1. The smallest absolute Gasteiger partial charge is 0.141 e. The monoisotopic (exact) mass is 282 g/mol. The third-order valence-corrected chi connectivity index (χ3v) is 2.66. The van der Waals surface area contributed by atoms with Crippen LogP contribution in [-0.2, 0) is 5.33 Å². The summed E-state index contributed by atoms with van der Waals surface area (Å²) in [7, 11) is 0. The molecule has 60 valence electrons. The maximum Gasteiger partial charge on any atom is 0.141 e. The summed E-state index contributed by atoms with van der Waals surface area (Å²) in [6.45, 7) is 0. The molecule has 0 aromatic heterocycles. The summed E-state index contributed by atoms with van der Waals surface area (Å²) in [5.74, 6) is -0.492. The highest BCUT2D eigenvalue weighted by atomic mass is 79.9. The predicted octanol–water partition coefficient (Wildman–Crippen LogP) is 3.19. The van der Waals surface area contributed by atoms with Crippen LogP contribution in [0.5, 0.6) is 5.75 Å². The molecule has 1 N–H and O–H groups in total. The Hall–Kier alpha value is -0.0900. The number of benzene rings is 1. The van der Waals surface area contributed by atoms with Gasteiger partial charge in [-0.05, 0) is 22.0 Å². The standard InChI is InChI=1S/C7H5Br2FO/c8-3-4-1-2-5(10)6(9)7(4)11/h1-2,11H,3H2. The van der Waals surface area contributed by atoms with Crippen LogP contribution >= 0.6 is 31.9 Å². The van der Waals surface area contributed by atoms with Crippen molar-refractivity contribution < 1.29 is 9.50 Å². The van der Waals surface area contributed by atoms with Crippen LogP contribution in [0, 0.1) is 5.82 Å². The summed E-state index contributed by atoms with van der Waals surface area (Å²) in [6, 6.07) is 2.84. The Morgan fingerprint density at radius 1 is 1.45 bits per heavy atom. The third kappa shape index (κ3) is 1.73. The molecule has 0 unspecified atom stereocenters. The third-order valence-electron chi connectivity index (χ3n) is 1.30. The second-order valence-electron chi connectivity index (χ2n) is 2.00. The van der Waals surface area contributed by atoms with E-state index in [9.17, 15) is 9.50 Å².